The highest BCUT2D eigenvalue weighted by Crippen LogP contribution is 2.22. The number of hydrogen-bond donors (Lipinski definition) is 1. The van der Waals surface area contributed by atoms with Crippen molar-refractivity contribution in [1.82, 2.24) is 0 Å². The maximum absolute atomic E-state index is 12.4. The minimum absolute atomic E-state index is 0.0174. The monoisotopic (exact) mass is 345 g/mol. The van der Waals surface area contributed by atoms with E-state index in [9.17, 15) is 14.7 Å². The number of thiophene rings is 1. The lowest BCUT2D eigenvalue weighted by Crippen LogP contribution is -2.92. The number of nitrogens with two attached hydrogens (primary N) is 1. The number of carbonyl (C=O) groups excluding carboxylic acids is 2. The van der Waals surface area contributed by atoms with Crippen LogP contribution in [0.15, 0.2) is 41.8 Å². The molecule has 0 unspecified atom stereocenters. The molecule has 0 fully saturated rings. The molecule has 0 radical (unpaired) electrons. The summed E-state index contributed by atoms with van der Waals surface area (Å²) in [6.45, 7) is 6.85. The molecular formula is C19H23NO3S. The van der Waals surface area contributed by atoms with Gasteiger partial charge in [-0.25, -0.2) is 0 Å². The largest absolute Gasteiger partial charge is 0.544 e. The first-order valence-electron chi connectivity index (χ1n) is 7.97. The first kappa shape index (κ1) is 18.4. The van der Waals surface area contributed by atoms with Crippen LogP contribution in [0.3, 0.4) is 0 Å². The van der Waals surface area contributed by atoms with Crippen LogP contribution in [0, 0.1) is 0 Å². The molecule has 2 aromatic rings. The molecule has 0 spiro atoms. The molecule has 0 aliphatic heterocycles. The fourth-order valence-corrected chi connectivity index (χ4v) is 3.11. The highest BCUT2D eigenvalue weighted by Gasteiger charge is 2.20. The molecule has 2 N–H and O–H groups in total. The van der Waals surface area contributed by atoms with Gasteiger partial charge in [-0.2, -0.15) is 0 Å². The zero-order valence-electron chi connectivity index (χ0n) is 14.2. The van der Waals surface area contributed by atoms with Gasteiger partial charge in [-0.05, 0) is 22.4 Å². The zero-order valence-corrected chi connectivity index (χ0v) is 15.1. The Morgan fingerprint density at radius 3 is 2.33 bits per heavy atom. The number of benzene rings is 1. The molecule has 0 saturated heterocycles. The van der Waals surface area contributed by atoms with Crippen LogP contribution in [-0.2, 0) is 16.8 Å². The molecule has 4 nitrogen and oxygen atoms in total. The van der Waals surface area contributed by atoms with Crippen LogP contribution in [0.5, 0.6) is 0 Å². The van der Waals surface area contributed by atoms with Crippen LogP contribution in [-0.4, -0.2) is 17.8 Å². The predicted molar refractivity (Wildman–Crippen MR) is 92.8 cm³/mol. The number of quaternary nitrogens is 1. The molecule has 1 aromatic carbocycles. The molecule has 0 amide bonds. The topological polar surface area (TPSA) is 73.8 Å². The summed E-state index contributed by atoms with van der Waals surface area (Å²) in [4.78, 5) is 24.8. The van der Waals surface area contributed by atoms with Crippen molar-refractivity contribution >= 4 is 23.1 Å². The van der Waals surface area contributed by atoms with Crippen LogP contribution in [0.2, 0.25) is 0 Å². The normalized spacial score (nSPS) is 12.8. The van der Waals surface area contributed by atoms with Gasteiger partial charge in [0, 0.05) is 5.56 Å². The lowest BCUT2D eigenvalue weighted by atomic mass is 9.86. The van der Waals surface area contributed by atoms with Crippen molar-refractivity contribution in [2.24, 2.45) is 0 Å². The van der Waals surface area contributed by atoms with Crippen LogP contribution in [0.25, 0.3) is 0 Å². The van der Waals surface area contributed by atoms with Gasteiger partial charge < -0.3 is 15.2 Å². The second-order valence-electron chi connectivity index (χ2n) is 6.90. The van der Waals surface area contributed by atoms with Crippen molar-refractivity contribution in [1.29, 1.82) is 0 Å². The molecule has 1 atom stereocenters. The molecule has 1 aromatic heterocycles. The molecule has 5 heteroatoms. The highest BCUT2D eigenvalue weighted by molar-refractivity contribution is 7.09. The summed E-state index contributed by atoms with van der Waals surface area (Å²) < 4.78 is 0. The van der Waals surface area contributed by atoms with E-state index in [-0.39, 0.29) is 17.6 Å². The third-order valence-corrected chi connectivity index (χ3v) is 4.86. The number of Topliss-reactive ketones (excluding diaryl/α,β-unsaturated/α-hetero) is 1. The van der Waals surface area contributed by atoms with E-state index in [1.807, 2.05) is 29.6 Å². The summed E-state index contributed by atoms with van der Waals surface area (Å²) in [5, 5.41) is 14.9. The average molecular weight is 345 g/mol. The van der Waals surface area contributed by atoms with E-state index in [1.165, 1.54) is 0 Å². The maximum Gasteiger partial charge on any atom is 0.169 e. The summed E-state index contributed by atoms with van der Waals surface area (Å²) >= 11 is 1.57. The predicted octanol–water partition coefficient (Wildman–Crippen LogP) is 1.50. The van der Waals surface area contributed by atoms with E-state index >= 15 is 0 Å². The lowest BCUT2D eigenvalue weighted by Gasteiger charge is -2.19. The Balaban J connectivity index is 2.00. The van der Waals surface area contributed by atoms with Crippen molar-refractivity contribution < 1.29 is 20.0 Å². The standard InChI is InChI=1S/C19H23NO3S/c1-19(2,3)14-8-6-13(7-9-14)17(21)11-16(18(22)23)20-12-15-5-4-10-24-15/h4-10,16,20H,11-12H2,1-3H3,(H,22,23)/t16-/m0/s1. The van der Waals surface area contributed by atoms with E-state index in [0.717, 1.165) is 10.4 Å². The number of carboxylic acid groups (broad SMARTS) is 1. The van der Waals surface area contributed by atoms with Crippen molar-refractivity contribution in [3.8, 4) is 0 Å². The lowest BCUT2D eigenvalue weighted by molar-refractivity contribution is -0.696. The quantitative estimate of drug-likeness (QED) is 0.773. The minimum atomic E-state index is -1.20. The Hall–Kier alpha value is -1.98. The molecule has 2 rings (SSSR count). The fraction of sp³-hybridized carbons (Fsp3) is 0.368. The van der Waals surface area contributed by atoms with Gasteiger partial charge >= 0.3 is 0 Å². The smallest absolute Gasteiger partial charge is 0.169 e. The molecule has 1 heterocycles. The Bertz CT molecular complexity index is 684. The van der Waals surface area contributed by atoms with Crippen molar-refractivity contribution in [2.45, 2.75) is 45.2 Å². The fourth-order valence-electron chi connectivity index (χ4n) is 2.42. The molecule has 0 aliphatic rings. The van der Waals surface area contributed by atoms with Crippen molar-refractivity contribution in [3.63, 3.8) is 0 Å². The zero-order chi connectivity index (χ0) is 17.7. The molecule has 0 saturated carbocycles. The van der Waals surface area contributed by atoms with Gasteiger partial charge in [0.25, 0.3) is 0 Å². The number of ketones is 1. The summed E-state index contributed by atoms with van der Waals surface area (Å²) in [6.07, 6.45) is -0.0669. The van der Waals surface area contributed by atoms with Gasteiger partial charge in [0.1, 0.15) is 12.6 Å². The number of carboxylic acids is 1. The van der Waals surface area contributed by atoms with Gasteiger partial charge in [0.2, 0.25) is 0 Å². The number of hydrogen-bond acceptors (Lipinski definition) is 4. The van der Waals surface area contributed by atoms with Crippen LogP contribution in [0.1, 0.15) is 48.0 Å². The van der Waals surface area contributed by atoms with Gasteiger partial charge in [0.15, 0.2) is 5.78 Å². The third kappa shape index (κ3) is 5.01. The van der Waals surface area contributed by atoms with Crippen molar-refractivity contribution in [3.05, 3.63) is 57.8 Å². The van der Waals surface area contributed by atoms with Gasteiger partial charge in [0.05, 0.1) is 17.3 Å². The van der Waals surface area contributed by atoms with Crippen LogP contribution in [0.4, 0.5) is 0 Å². The molecule has 0 bridgehead atoms. The first-order valence-corrected chi connectivity index (χ1v) is 8.85. The third-order valence-electron chi connectivity index (χ3n) is 3.96. The van der Waals surface area contributed by atoms with E-state index in [1.54, 1.807) is 28.8 Å². The van der Waals surface area contributed by atoms with Crippen LogP contribution < -0.4 is 10.4 Å². The van der Waals surface area contributed by atoms with Gasteiger partial charge in [-0.1, -0.05) is 51.1 Å². The van der Waals surface area contributed by atoms with E-state index in [0.29, 0.717) is 12.1 Å². The SMILES string of the molecule is CC(C)(C)c1ccc(C(=O)C[C@H]([NH2+]Cc2cccs2)C(=O)[O-])cc1. The summed E-state index contributed by atoms with van der Waals surface area (Å²) in [5.41, 5.74) is 1.70. The maximum atomic E-state index is 12.4. The van der Waals surface area contributed by atoms with E-state index < -0.39 is 12.0 Å². The molecular weight excluding hydrogens is 322 g/mol. The first-order chi connectivity index (χ1) is 11.3. The Morgan fingerprint density at radius 2 is 1.83 bits per heavy atom. The minimum Gasteiger partial charge on any atom is -0.544 e. The van der Waals surface area contributed by atoms with E-state index in [2.05, 4.69) is 20.8 Å². The number of carbonyl (C=O) groups is 2. The van der Waals surface area contributed by atoms with Gasteiger partial charge in [-0.3, -0.25) is 4.79 Å². The second kappa shape index (κ2) is 7.73. The number of rotatable bonds is 7. The Morgan fingerprint density at radius 1 is 1.17 bits per heavy atom. The van der Waals surface area contributed by atoms with E-state index in [4.69, 9.17) is 0 Å². The highest BCUT2D eigenvalue weighted by atomic mass is 32.1. The summed E-state index contributed by atoms with van der Waals surface area (Å²) in [6, 6.07) is 10.4. The number of aliphatic carboxylic acids is 1. The Labute approximate surface area is 146 Å². The molecule has 24 heavy (non-hydrogen) atoms. The van der Waals surface area contributed by atoms with Crippen LogP contribution >= 0.6 is 11.3 Å². The van der Waals surface area contributed by atoms with Gasteiger partial charge in [-0.15, -0.1) is 11.3 Å². The van der Waals surface area contributed by atoms with Crippen molar-refractivity contribution in [2.75, 3.05) is 0 Å². The Kier molecular flexibility index (Phi) is 5.91. The molecule has 0 aliphatic carbocycles. The second-order valence-corrected chi connectivity index (χ2v) is 7.93. The molecule has 128 valence electrons. The average Bonchev–Trinajstić information content (AvgIpc) is 3.03. The summed E-state index contributed by atoms with van der Waals surface area (Å²) in [5.74, 6) is -1.38. The summed E-state index contributed by atoms with van der Waals surface area (Å²) in [7, 11) is 0.